The summed E-state index contributed by atoms with van der Waals surface area (Å²) in [7, 11) is 0. The zero-order valence-electron chi connectivity index (χ0n) is 10.3. The van der Waals surface area contributed by atoms with Crippen molar-refractivity contribution in [2.24, 2.45) is 0 Å². The van der Waals surface area contributed by atoms with E-state index in [9.17, 15) is 0 Å². The van der Waals surface area contributed by atoms with Crippen molar-refractivity contribution in [2.45, 2.75) is 38.6 Å². The van der Waals surface area contributed by atoms with Crippen LogP contribution in [0.5, 0.6) is 0 Å². The van der Waals surface area contributed by atoms with Gasteiger partial charge < -0.3 is 10.4 Å². The number of hydrogen-bond acceptors (Lipinski definition) is 2. The van der Waals surface area contributed by atoms with Crippen molar-refractivity contribution in [3.05, 3.63) is 35.9 Å². The molecule has 1 aromatic carbocycles. The van der Waals surface area contributed by atoms with E-state index in [4.69, 9.17) is 5.11 Å². The Labute approximate surface area is 98.7 Å². The maximum Gasteiger partial charge on any atom is 0.0581 e. The smallest absolute Gasteiger partial charge is 0.0581 e. The zero-order valence-corrected chi connectivity index (χ0v) is 10.3. The number of benzene rings is 1. The quantitative estimate of drug-likeness (QED) is 0.741. The van der Waals surface area contributed by atoms with Gasteiger partial charge in [0.15, 0.2) is 0 Å². The van der Waals surface area contributed by atoms with Gasteiger partial charge in [-0.1, -0.05) is 43.7 Å². The van der Waals surface area contributed by atoms with Crippen molar-refractivity contribution in [3.63, 3.8) is 0 Å². The number of aliphatic hydroxyl groups excluding tert-OH is 1. The monoisotopic (exact) mass is 221 g/mol. The average Bonchev–Trinajstić information content (AvgIpc) is 2.35. The fourth-order valence-electron chi connectivity index (χ4n) is 1.87. The van der Waals surface area contributed by atoms with Gasteiger partial charge in [-0.25, -0.2) is 0 Å². The molecule has 0 bridgehead atoms. The molecule has 0 spiro atoms. The van der Waals surface area contributed by atoms with Crippen molar-refractivity contribution >= 4 is 0 Å². The molecular weight excluding hydrogens is 198 g/mol. The summed E-state index contributed by atoms with van der Waals surface area (Å²) in [6, 6.07) is 10.8. The molecule has 0 heterocycles. The lowest BCUT2D eigenvalue weighted by atomic mass is 9.94. The first-order valence-electron chi connectivity index (χ1n) is 6.17. The van der Waals surface area contributed by atoms with Crippen LogP contribution in [0.4, 0.5) is 0 Å². The van der Waals surface area contributed by atoms with Crippen molar-refractivity contribution in [1.29, 1.82) is 0 Å². The molecule has 0 radical (unpaired) electrons. The second-order valence-electron chi connectivity index (χ2n) is 4.39. The molecule has 0 aliphatic rings. The van der Waals surface area contributed by atoms with Crippen LogP contribution in [0.15, 0.2) is 30.3 Å². The van der Waals surface area contributed by atoms with E-state index in [1.165, 1.54) is 18.4 Å². The van der Waals surface area contributed by atoms with Crippen LogP contribution >= 0.6 is 0 Å². The minimum absolute atomic E-state index is 0.183. The van der Waals surface area contributed by atoms with E-state index >= 15 is 0 Å². The van der Waals surface area contributed by atoms with Gasteiger partial charge in [0.2, 0.25) is 0 Å². The molecule has 0 amide bonds. The summed E-state index contributed by atoms with van der Waals surface area (Å²) in [6.45, 7) is 5.37. The minimum Gasteiger partial charge on any atom is -0.395 e. The van der Waals surface area contributed by atoms with Crippen molar-refractivity contribution < 1.29 is 5.11 Å². The third-order valence-electron chi connectivity index (χ3n) is 2.89. The maximum absolute atomic E-state index is 8.99. The number of aliphatic hydroxyl groups is 1. The third-order valence-corrected chi connectivity index (χ3v) is 2.89. The Kier molecular flexibility index (Phi) is 6.12. The maximum atomic E-state index is 8.99. The summed E-state index contributed by atoms with van der Waals surface area (Å²) in [5.41, 5.74) is 1.39. The molecule has 0 aliphatic carbocycles. The van der Waals surface area contributed by atoms with Gasteiger partial charge in [-0.15, -0.1) is 0 Å². The van der Waals surface area contributed by atoms with Gasteiger partial charge in [-0.2, -0.15) is 0 Å². The van der Waals surface area contributed by atoms with E-state index in [-0.39, 0.29) is 12.6 Å². The molecule has 16 heavy (non-hydrogen) atoms. The highest BCUT2D eigenvalue weighted by atomic mass is 16.3. The molecule has 1 aromatic rings. The van der Waals surface area contributed by atoms with Gasteiger partial charge in [0.1, 0.15) is 0 Å². The van der Waals surface area contributed by atoms with Crippen LogP contribution in [0, 0.1) is 0 Å². The molecule has 0 aliphatic heterocycles. The number of hydrogen-bond donors (Lipinski definition) is 2. The van der Waals surface area contributed by atoms with Crippen LogP contribution < -0.4 is 5.32 Å². The number of nitrogens with one attached hydrogen (secondary N) is 1. The third kappa shape index (κ3) is 4.33. The summed E-state index contributed by atoms with van der Waals surface area (Å²) < 4.78 is 0. The molecule has 2 heteroatoms. The van der Waals surface area contributed by atoms with E-state index in [1.807, 2.05) is 6.92 Å². The first-order valence-corrected chi connectivity index (χ1v) is 6.17. The molecule has 0 saturated carbocycles. The Morgan fingerprint density at radius 2 is 1.94 bits per heavy atom. The first-order chi connectivity index (χ1) is 7.77. The van der Waals surface area contributed by atoms with Crippen molar-refractivity contribution in [2.75, 3.05) is 13.2 Å². The van der Waals surface area contributed by atoms with E-state index in [0.29, 0.717) is 5.92 Å². The van der Waals surface area contributed by atoms with Crippen LogP contribution in [0.3, 0.4) is 0 Å². The Hall–Kier alpha value is -0.860. The Bertz CT molecular complexity index is 273. The Morgan fingerprint density at radius 3 is 2.50 bits per heavy atom. The summed E-state index contributed by atoms with van der Waals surface area (Å²) in [5.74, 6) is 0.556. The molecule has 1 unspecified atom stereocenters. The highest BCUT2D eigenvalue weighted by Crippen LogP contribution is 2.20. The summed E-state index contributed by atoms with van der Waals surface area (Å²) >= 11 is 0. The van der Waals surface area contributed by atoms with Crippen molar-refractivity contribution in [3.8, 4) is 0 Å². The highest BCUT2D eigenvalue weighted by Gasteiger charge is 2.11. The van der Waals surface area contributed by atoms with Crippen molar-refractivity contribution in [1.82, 2.24) is 5.32 Å². The fourth-order valence-corrected chi connectivity index (χ4v) is 1.87. The van der Waals surface area contributed by atoms with E-state index in [1.54, 1.807) is 0 Å². The predicted octanol–water partition coefficient (Wildman–Crippen LogP) is 2.54. The van der Waals surface area contributed by atoms with Crippen LogP contribution in [0.1, 0.15) is 38.2 Å². The van der Waals surface area contributed by atoms with Gasteiger partial charge in [-0.3, -0.25) is 0 Å². The van der Waals surface area contributed by atoms with Gasteiger partial charge in [0.25, 0.3) is 0 Å². The zero-order chi connectivity index (χ0) is 11.8. The molecule has 0 fully saturated rings. The molecule has 2 N–H and O–H groups in total. The summed E-state index contributed by atoms with van der Waals surface area (Å²) in [5, 5.41) is 12.4. The van der Waals surface area contributed by atoms with Crippen LogP contribution in [0.25, 0.3) is 0 Å². The molecule has 90 valence electrons. The second kappa shape index (κ2) is 7.42. The van der Waals surface area contributed by atoms with E-state index < -0.39 is 0 Å². The normalized spacial score (nSPS) is 14.7. The molecular formula is C14H23NO. The largest absolute Gasteiger partial charge is 0.395 e. The lowest BCUT2D eigenvalue weighted by Crippen LogP contribution is -2.33. The van der Waals surface area contributed by atoms with E-state index in [2.05, 4.69) is 42.6 Å². The highest BCUT2D eigenvalue weighted by molar-refractivity contribution is 5.19. The van der Waals surface area contributed by atoms with Gasteiger partial charge in [0.05, 0.1) is 6.61 Å². The average molecular weight is 221 g/mol. The Morgan fingerprint density at radius 1 is 1.25 bits per heavy atom. The van der Waals surface area contributed by atoms with Gasteiger partial charge in [0, 0.05) is 12.6 Å². The summed E-state index contributed by atoms with van der Waals surface area (Å²) in [4.78, 5) is 0. The number of rotatable bonds is 7. The molecule has 0 aromatic heterocycles. The molecule has 1 rings (SSSR count). The molecule has 2 atom stereocenters. The van der Waals surface area contributed by atoms with Crippen LogP contribution in [-0.2, 0) is 0 Å². The molecule has 0 saturated heterocycles. The van der Waals surface area contributed by atoms with E-state index in [0.717, 1.165) is 6.54 Å². The first kappa shape index (κ1) is 13.2. The van der Waals surface area contributed by atoms with Gasteiger partial charge >= 0.3 is 0 Å². The minimum atomic E-state index is 0.183. The molecule has 2 nitrogen and oxygen atoms in total. The van der Waals surface area contributed by atoms with Gasteiger partial charge in [-0.05, 0) is 24.8 Å². The SMILES string of the molecule is CCCC(CN[C@H](C)CO)c1ccccc1. The van der Waals surface area contributed by atoms with Crippen LogP contribution in [0.2, 0.25) is 0 Å². The summed E-state index contributed by atoms with van der Waals surface area (Å²) in [6.07, 6.45) is 2.38. The topological polar surface area (TPSA) is 32.3 Å². The standard InChI is InChI=1S/C14H23NO/c1-3-7-14(10-15-12(2)11-16)13-8-5-4-6-9-13/h4-6,8-9,12,14-16H,3,7,10-11H2,1-2H3/t12-,14?/m1/s1. The lowest BCUT2D eigenvalue weighted by molar-refractivity contribution is 0.249. The predicted molar refractivity (Wildman–Crippen MR) is 68.6 cm³/mol. The Balaban J connectivity index is 2.54. The van der Waals surface area contributed by atoms with Crippen LogP contribution in [-0.4, -0.2) is 24.3 Å². The lowest BCUT2D eigenvalue weighted by Gasteiger charge is -2.19. The second-order valence-corrected chi connectivity index (χ2v) is 4.39. The fraction of sp³-hybridized carbons (Fsp3) is 0.571.